The number of methoxy groups -OCH3 is 1. The van der Waals surface area contributed by atoms with Crippen LogP contribution < -0.4 is 5.73 Å². The summed E-state index contributed by atoms with van der Waals surface area (Å²) < 4.78 is 5.14. The molecule has 0 aromatic heterocycles. The molecule has 1 aromatic rings. The fourth-order valence-corrected chi connectivity index (χ4v) is 3.59. The van der Waals surface area contributed by atoms with Crippen LogP contribution >= 0.6 is 0 Å². The van der Waals surface area contributed by atoms with Crippen molar-refractivity contribution in [3.8, 4) is 0 Å². The van der Waals surface area contributed by atoms with Crippen LogP contribution in [-0.4, -0.2) is 37.0 Å². The van der Waals surface area contributed by atoms with Crippen molar-refractivity contribution in [1.29, 1.82) is 0 Å². The Bertz CT molecular complexity index is 599. The summed E-state index contributed by atoms with van der Waals surface area (Å²) in [5, 5.41) is 0. The van der Waals surface area contributed by atoms with E-state index in [0.29, 0.717) is 24.9 Å². The molecule has 1 heterocycles. The van der Waals surface area contributed by atoms with E-state index in [1.165, 1.54) is 5.56 Å². The van der Waals surface area contributed by atoms with Crippen molar-refractivity contribution in [3.63, 3.8) is 0 Å². The van der Waals surface area contributed by atoms with Gasteiger partial charge in [-0.15, -0.1) is 0 Å². The maximum atomic E-state index is 12.3. The molecule has 5 nitrogen and oxygen atoms in total. The predicted molar refractivity (Wildman–Crippen MR) is 81.4 cm³/mol. The topological polar surface area (TPSA) is 67.9 Å². The van der Waals surface area contributed by atoms with Gasteiger partial charge in [0, 0.05) is 13.7 Å². The minimum absolute atomic E-state index is 0.256. The first kappa shape index (κ1) is 14.1. The molecule has 2 N–H and O–H groups in total. The second-order valence-corrected chi connectivity index (χ2v) is 5.81. The van der Waals surface area contributed by atoms with E-state index in [1.807, 2.05) is 12.1 Å². The summed E-state index contributed by atoms with van der Waals surface area (Å²) in [6.07, 6.45) is 1.81. The van der Waals surface area contributed by atoms with Crippen LogP contribution in [0, 0.1) is 0 Å². The first-order valence-corrected chi connectivity index (χ1v) is 7.36. The summed E-state index contributed by atoms with van der Waals surface area (Å²) in [6, 6.07) is 7.99. The number of carbonyl (C=O) groups excluding carboxylic acids is 1. The molecule has 1 aliphatic heterocycles. The van der Waals surface area contributed by atoms with Gasteiger partial charge in [0.2, 0.25) is 0 Å². The first-order valence-electron chi connectivity index (χ1n) is 7.36. The van der Waals surface area contributed by atoms with E-state index in [4.69, 9.17) is 10.5 Å². The Morgan fingerprint density at radius 2 is 2.24 bits per heavy atom. The number of urea groups is 1. The SMILES string of the molecule is COCCN1C(=O)N=C(N)C12CCC(C)c1ccccc12. The highest BCUT2D eigenvalue weighted by molar-refractivity contribution is 6.06. The number of fused-ring (bicyclic) bond motifs is 2. The lowest BCUT2D eigenvalue weighted by atomic mass is 9.71. The number of aliphatic imine (C=N–C) groups is 1. The van der Waals surface area contributed by atoms with Gasteiger partial charge in [-0.05, 0) is 29.9 Å². The first-order chi connectivity index (χ1) is 10.1. The van der Waals surface area contributed by atoms with E-state index in [1.54, 1.807) is 12.0 Å². The van der Waals surface area contributed by atoms with Gasteiger partial charge in [-0.25, -0.2) is 4.79 Å². The zero-order valence-electron chi connectivity index (χ0n) is 12.5. The number of nitrogens with two attached hydrogens (primary N) is 1. The van der Waals surface area contributed by atoms with Gasteiger partial charge in [0.25, 0.3) is 0 Å². The lowest BCUT2D eigenvalue weighted by molar-refractivity contribution is 0.112. The number of hydrogen-bond acceptors (Lipinski definition) is 3. The van der Waals surface area contributed by atoms with Crippen LogP contribution in [0.25, 0.3) is 0 Å². The number of amidine groups is 1. The number of ether oxygens (including phenoxy) is 1. The van der Waals surface area contributed by atoms with Gasteiger partial charge >= 0.3 is 6.03 Å². The van der Waals surface area contributed by atoms with Crippen molar-refractivity contribution < 1.29 is 9.53 Å². The van der Waals surface area contributed by atoms with Gasteiger partial charge in [0.05, 0.1) is 6.61 Å². The highest BCUT2D eigenvalue weighted by Crippen LogP contribution is 2.47. The summed E-state index contributed by atoms with van der Waals surface area (Å²) in [7, 11) is 1.63. The quantitative estimate of drug-likeness (QED) is 0.926. The van der Waals surface area contributed by atoms with E-state index in [0.717, 1.165) is 18.4 Å². The molecule has 0 fully saturated rings. The number of carbonyl (C=O) groups is 1. The summed E-state index contributed by atoms with van der Waals surface area (Å²) in [6.45, 7) is 3.20. The third-order valence-electron chi connectivity index (χ3n) is 4.73. The van der Waals surface area contributed by atoms with Crippen LogP contribution in [0.2, 0.25) is 0 Å². The van der Waals surface area contributed by atoms with Crippen molar-refractivity contribution in [2.45, 2.75) is 31.2 Å². The average molecular weight is 287 g/mol. The molecule has 0 radical (unpaired) electrons. The number of nitrogens with zero attached hydrogens (tertiary/aromatic N) is 2. The zero-order chi connectivity index (χ0) is 15.0. The third-order valence-corrected chi connectivity index (χ3v) is 4.73. The smallest absolute Gasteiger partial charge is 0.346 e. The normalized spacial score (nSPS) is 27.9. The maximum absolute atomic E-state index is 12.3. The maximum Gasteiger partial charge on any atom is 0.346 e. The van der Waals surface area contributed by atoms with Crippen molar-refractivity contribution in [3.05, 3.63) is 35.4 Å². The van der Waals surface area contributed by atoms with Crippen LogP contribution in [0.3, 0.4) is 0 Å². The Morgan fingerprint density at radius 3 is 3.00 bits per heavy atom. The number of benzene rings is 1. The van der Waals surface area contributed by atoms with E-state index in [2.05, 4.69) is 24.0 Å². The third kappa shape index (κ3) is 1.95. The molecule has 0 saturated carbocycles. The van der Waals surface area contributed by atoms with Gasteiger partial charge < -0.3 is 15.4 Å². The fraction of sp³-hybridized carbons (Fsp3) is 0.500. The van der Waals surface area contributed by atoms with Crippen LogP contribution in [-0.2, 0) is 10.3 Å². The van der Waals surface area contributed by atoms with Crippen molar-refractivity contribution in [2.75, 3.05) is 20.3 Å². The van der Waals surface area contributed by atoms with Gasteiger partial charge in [-0.2, -0.15) is 4.99 Å². The molecule has 1 aromatic carbocycles. The molecule has 0 bridgehead atoms. The minimum Gasteiger partial charge on any atom is -0.385 e. The molecule has 5 heteroatoms. The lowest BCUT2D eigenvalue weighted by Crippen LogP contribution is -2.54. The van der Waals surface area contributed by atoms with Crippen LogP contribution in [0.4, 0.5) is 4.79 Å². The Kier molecular flexibility index (Phi) is 3.45. The summed E-state index contributed by atoms with van der Waals surface area (Å²) >= 11 is 0. The molecular weight excluding hydrogens is 266 g/mol. The van der Waals surface area contributed by atoms with Crippen LogP contribution in [0.1, 0.15) is 36.8 Å². The monoisotopic (exact) mass is 287 g/mol. The number of hydrogen-bond donors (Lipinski definition) is 1. The molecule has 1 aliphatic carbocycles. The lowest BCUT2D eigenvalue weighted by Gasteiger charge is -2.44. The second kappa shape index (κ2) is 5.15. The minimum atomic E-state index is -0.585. The predicted octanol–water partition coefficient (Wildman–Crippen LogP) is 2.22. The van der Waals surface area contributed by atoms with Crippen molar-refractivity contribution >= 4 is 11.9 Å². The molecular formula is C16H21N3O2. The Hall–Kier alpha value is -1.88. The summed E-state index contributed by atoms with van der Waals surface area (Å²) in [5.74, 6) is 0.891. The summed E-state index contributed by atoms with van der Waals surface area (Å²) in [5.41, 5.74) is 8.00. The number of rotatable bonds is 3. The Balaban J connectivity index is 2.12. The highest BCUT2D eigenvalue weighted by atomic mass is 16.5. The average Bonchev–Trinajstić information content (AvgIpc) is 2.72. The fourth-order valence-electron chi connectivity index (χ4n) is 3.59. The molecule has 1 spiro atoms. The highest BCUT2D eigenvalue weighted by Gasteiger charge is 2.52. The Morgan fingerprint density at radius 1 is 1.48 bits per heavy atom. The second-order valence-electron chi connectivity index (χ2n) is 5.81. The van der Waals surface area contributed by atoms with Crippen molar-refractivity contribution in [2.24, 2.45) is 10.7 Å². The van der Waals surface area contributed by atoms with E-state index < -0.39 is 5.54 Å². The molecule has 112 valence electrons. The molecule has 2 unspecified atom stereocenters. The molecule has 2 atom stereocenters. The number of amides is 2. The van der Waals surface area contributed by atoms with Gasteiger partial charge in [-0.3, -0.25) is 0 Å². The molecule has 2 aliphatic rings. The summed E-state index contributed by atoms with van der Waals surface area (Å²) in [4.78, 5) is 18.1. The van der Waals surface area contributed by atoms with E-state index in [-0.39, 0.29) is 6.03 Å². The zero-order valence-corrected chi connectivity index (χ0v) is 12.5. The van der Waals surface area contributed by atoms with Crippen LogP contribution in [0.15, 0.2) is 29.3 Å². The molecule has 0 saturated heterocycles. The molecule has 2 amide bonds. The Labute approximate surface area is 124 Å². The standard InChI is InChI=1S/C16H21N3O2/c1-11-7-8-16(13-6-4-3-5-12(11)13)14(17)18-15(20)19(16)9-10-21-2/h3-6,11H,7-10H2,1-2H3,(H2,17,18,20). The van der Waals surface area contributed by atoms with E-state index in [9.17, 15) is 4.79 Å². The molecule has 21 heavy (non-hydrogen) atoms. The molecule has 3 rings (SSSR count). The van der Waals surface area contributed by atoms with Gasteiger partial charge in [-0.1, -0.05) is 31.2 Å². The van der Waals surface area contributed by atoms with Crippen LogP contribution in [0.5, 0.6) is 0 Å². The van der Waals surface area contributed by atoms with Gasteiger partial charge in [0.15, 0.2) is 0 Å². The van der Waals surface area contributed by atoms with E-state index >= 15 is 0 Å². The van der Waals surface area contributed by atoms with Gasteiger partial charge in [0.1, 0.15) is 11.4 Å². The van der Waals surface area contributed by atoms with Crippen molar-refractivity contribution in [1.82, 2.24) is 4.90 Å². The largest absolute Gasteiger partial charge is 0.385 e.